The van der Waals surface area contributed by atoms with Gasteiger partial charge in [-0.2, -0.15) is 13.2 Å². The Kier molecular flexibility index (Phi) is 6.62. The molecule has 7 heteroatoms. The zero-order chi connectivity index (χ0) is 20.9. The van der Waals surface area contributed by atoms with Gasteiger partial charge in [0.15, 0.2) is 0 Å². The van der Waals surface area contributed by atoms with Crippen molar-refractivity contribution in [1.82, 2.24) is 4.90 Å². The molecule has 0 saturated carbocycles. The molecule has 2 rings (SSSR count). The van der Waals surface area contributed by atoms with Crippen molar-refractivity contribution in [3.05, 3.63) is 70.8 Å². The van der Waals surface area contributed by atoms with E-state index in [2.05, 4.69) is 5.32 Å². The molecule has 0 heterocycles. The molecule has 2 amide bonds. The molecule has 0 bridgehead atoms. The molecule has 28 heavy (non-hydrogen) atoms. The molecule has 0 radical (unpaired) electrons. The molecule has 0 fully saturated rings. The van der Waals surface area contributed by atoms with Gasteiger partial charge in [0.05, 0.1) is 12.1 Å². The third kappa shape index (κ3) is 5.70. The maximum Gasteiger partial charge on any atom is 0.416 e. The van der Waals surface area contributed by atoms with E-state index in [4.69, 9.17) is 0 Å². The van der Waals surface area contributed by atoms with Crippen molar-refractivity contribution >= 4 is 23.6 Å². The Morgan fingerprint density at radius 1 is 1.07 bits per heavy atom. The summed E-state index contributed by atoms with van der Waals surface area (Å²) in [6.45, 7) is 3.56. The van der Waals surface area contributed by atoms with Crippen LogP contribution in [0.1, 0.15) is 22.3 Å². The number of benzene rings is 2. The minimum Gasteiger partial charge on any atom is -0.333 e. The summed E-state index contributed by atoms with van der Waals surface area (Å²) in [5.41, 5.74) is 1.98. The van der Waals surface area contributed by atoms with Crippen molar-refractivity contribution in [3.8, 4) is 0 Å². The third-order valence-corrected chi connectivity index (χ3v) is 4.13. The summed E-state index contributed by atoms with van der Waals surface area (Å²) in [5.74, 6) is -0.852. The van der Waals surface area contributed by atoms with Crippen LogP contribution >= 0.6 is 0 Å². The number of amides is 2. The van der Waals surface area contributed by atoms with E-state index < -0.39 is 17.6 Å². The van der Waals surface area contributed by atoms with Crippen LogP contribution in [0.25, 0.3) is 6.08 Å². The second-order valence-corrected chi connectivity index (χ2v) is 6.47. The lowest BCUT2D eigenvalue weighted by atomic mass is 10.1. The number of hydrogen-bond donors (Lipinski definition) is 1. The van der Waals surface area contributed by atoms with Crippen molar-refractivity contribution < 1.29 is 22.8 Å². The Hall–Kier alpha value is -3.09. The zero-order valence-electron chi connectivity index (χ0n) is 15.8. The molecule has 0 aliphatic heterocycles. The molecule has 4 nitrogen and oxygen atoms in total. The molecule has 0 aliphatic carbocycles. The van der Waals surface area contributed by atoms with Crippen LogP contribution in [0.2, 0.25) is 0 Å². The quantitative estimate of drug-likeness (QED) is 0.768. The van der Waals surface area contributed by atoms with Gasteiger partial charge in [-0.25, -0.2) is 0 Å². The molecule has 148 valence electrons. The number of para-hydroxylation sites is 1. The van der Waals surface area contributed by atoms with Crippen LogP contribution in [-0.4, -0.2) is 30.3 Å². The summed E-state index contributed by atoms with van der Waals surface area (Å²) in [6, 6.07) is 10.3. The Bertz CT molecular complexity index is 885. The highest BCUT2D eigenvalue weighted by Gasteiger charge is 2.30. The first-order valence-electron chi connectivity index (χ1n) is 8.54. The van der Waals surface area contributed by atoms with Gasteiger partial charge in [-0.3, -0.25) is 9.59 Å². The van der Waals surface area contributed by atoms with Gasteiger partial charge in [0.25, 0.3) is 0 Å². The smallest absolute Gasteiger partial charge is 0.333 e. The number of halogens is 3. The number of hydrogen-bond acceptors (Lipinski definition) is 2. The van der Waals surface area contributed by atoms with Gasteiger partial charge < -0.3 is 10.2 Å². The molecular weight excluding hydrogens is 369 g/mol. The standard InChI is InChI=1S/C21H21F3N2O2/c1-14-6-4-7-15(2)20(14)25-18(27)13-26(3)19(28)11-10-16-8-5-9-17(12-16)21(22,23)24/h4-12H,13H2,1-3H3,(H,25,27)/b11-10+. The third-order valence-electron chi connectivity index (χ3n) is 4.13. The number of rotatable bonds is 5. The first-order chi connectivity index (χ1) is 13.1. The number of nitrogens with one attached hydrogen (secondary N) is 1. The lowest BCUT2D eigenvalue weighted by Gasteiger charge is -2.16. The number of anilines is 1. The van der Waals surface area contributed by atoms with Crippen molar-refractivity contribution in [2.45, 2.75) is 20.0 Å². The van der Waals surface area contributed by atoms with Crippen molar-refractivity contribution in [3.63, 3.8) is 0 Å². The molecule has 0 saturated heterocycles. The molecule has 0 atom stereocenters. The fourth-order valence-corrected chi connectivity index (χ4v) is 2.60. The molecule has 0 aromatic heterocycles. The second kappa shape index (κ2) is 8.73. The summed E-state index contributed by atoms with van der Waals surface area (Å²) in [7, 11) is 1.45. The summed E-state index contributed by atoms with van der Waals surface area (Å²) in [6.07, 6.45) is -2.02. The van der Waals surface area contributed by atoms with Crippen LogP contribution < -0.4 is 5.32 Å². The minimum absolute atomic E-state index is 0.181. The Morgan fingerprint density at radius 3 is 2.29 bits per heavy atom. The Morgan fingerprint density at radius 2 is 1.68 bits per heavy atom. The van der Waals surface area contributed by atoms with Crippen LogP contribution in [-0.2, 0) is 15.8 Å². The van der Waals surface area contributed by atoms with Gasteiger partial charge in [0.1, 0.15) is 0 Å². The molecule has 0 unspecified atom stereocenters. The highest BCUT2D eigenvalue weighted by atomic mass is 19.4. The van der Waals surface area contributed by atoms with Crippen LogP contribution in [0.5, 0.6) is 0 Å². The van der Waals surface area contributed by atoms with E-state index in [1.54, 1.807) is 0 Å². The number of alkyl halides is 3. The highest BCUT2D eigenvalue weighted by molar-refractivity contribution is 5.98. The average Bonchev–Trinajstić information content (AvgIpc) is 2.62. The van der Waals surface area contributed by atoms with Gasteiger partial charge in [-0.05, 0) is 48.7 Å². The SMILES string of the molecule is Cc1cccc(C)c1NC(=O)CN(C)C(=O)/C=C/c1cccc(C(F)(F)F)c1. The topological polar surface area (TPSA) is 49.4 Å². The average molecular weight is 390 g/mol. The van der Waals surface area contributed by atoms with E-state index in [0.29, 0.717) is 5.69 Å². The van der Waals surface area contributed by atoms with Gasteiger partial charge in [-0.1, -0.05) is 30.3 Å². The van der Waals surface area contributed by atoms with Gasteiger partial charge >= 0.3 is 6.18 Å². The predicted molar refractivity (Wildman–Crippen MR) is 103 cm³/mol. The lowest BCUT2D eigenvalue weighted by molar-refractivity contribution is -0.137. The summed E-state index contributed by atoms with van der Waals surface area (Å²) in [4.78, 5) is 25.6. The molecule has 2 aromatic carbocycles. The lowest BCUT2D eigenvalue weighted by Crippen LogP contribution is -2.34. The first-order valence-corrected chi connectivity index (χ1v) is 8.54. The van der Waals surface area contributed by atoms with E-state index in [1.807, 2.05) is 32.0 Å². The van der Waals surface area contributed by atoms with Gasteiger partial charge in [0.2, 0.25) is 11.8 Å². The molecular formula is C21H21F3N2O2. The Labute approximate surface area is 161 Å². The van der Waals surface area contributed by atoms with E-state index in [0.717, 1.165) is 29.3 Å². The number of nitrogens with zero attached hydrogens (tertiary/aromatic N) is 1. The van der Waals surface area contributed by atoms with Crippen LogP contribution in [0.15, 0.2) is 48.5 Å². The van der Waals surface area contributed by atoms with E-state index in [9.17, 15) is 22.8 Å². The van der Waals surface area contributed by atoms with E-state index >= 15 is 0 Å². The van der Waals surface area contributed by atoms with Crippen molar-refractivity contribution in [2.75, 3.05) is 18.9 Å². The summed E-state index contributed by atoms with van der Waals surface area (Å²) >= 11 is 0. The van der Waals surface area contributed by atoms with Gasteiger partial charge in [0, 0.05) is 18.8 Å². The number of likely N-dealkylation sites (N-methyl/N-ethyl adjacent to an activating group) is 1. The minimum atomic E-state index is -4.45. The fraction of sp³-hybridized carbons (Fsp3) is 0.238. The molecule has 2 aromatic rings. The van der Waals surface area contributed by atoms with E-state index in [-0.39, 0.29) is 18.0 Å². The second-order valence-electron chi connectivity index (χ2n) is 6.47. The summed E-state index contributed by atoms with van der Waals surface area (Å²) < 4.78 is 38.2. The van der Waals surface area contributed by atoms with Crippen molar-refractivity contribution in [1.29, 1.82) is 0 Å². The largest absolute Gasteiger partial charge is 0.416 e. The summed E-state index contributed by atoms with van der Waals surface area (Å²) in [5, 5.41) is 2.78. The maximum absolute atomic E-state index is 12.7. The monoisotopic (exact) mass is 390 g/mol. The number of carbonyl (C=O) groups is 2. The van der Waals surface area contributed by atoms with Crippen LogP contribution in [0.4, 0.5) is 18.9 Å². The maximum atomic E-state index is 12.7. The number of carbonyl (C=O) groups excluding carboxylic acids is 2. The molecule has 0 aliphatic rings. The molecule has 1 N–H and O–H groups in total. The predicted octanol–water partition coefficient (Wildman–Crippen LogP) is 4.43. The van der Waals surface area contributed by atoms with Crippen LogP contribution in [0, 0.1) is 13.8 Å². The van der Waals surface area contributed by atoms with Crippen molar-refractivity contribution in [2.24, 2.45) is 0 Å². The first kappa shape index (κ1) is 21.2. The normalized spacial score (nSPS) is 11.5. The zero-order valence-corrected chi connectivity index (χ0v) is 15.8. The highest BCUT2D eigenvalue weighted by Crippen LogP contribution is 2.29. The van der Waals surface area contributed by atoms with E-state index in [1.165, 1.54) is 30.2 Å². The fourth-order valence-electron chi connectivity index (χ4n) is 2.60. The van der Waals surface area contributed by atoms with Crippen LogP contribution in [0.3, 0.4) is 0 Å². The van der Waals surface area contributed by atoms with Gasteiger partial charge in [-0.15, -0.1) is 0 Å². The molecule has 0 spiro atoms. The Balaban J connectivity index is 1.99. The number of aryl methyl sites for hydroxylation is 2.